The molecule has 0 saturated carbocycles. The van der Waals surface area contributed by atoms with E-state index in [0.29, 0.717) is 6.42 Å². The van der Waals surface area contributed by atoms with Gasteiger partial charge in [-0.15, -0.1) is 0 Å². The van der Waals surface area contributed by atoms with E-state index in [-0.39, 0.29) is 6.61 Å². The van der Waals surface area contributed by atoms with Gasteiger partial charge in [0.1, 0.15) is 5.82 Å². The minimum Gasteiger partial charge on any atom is -0.396 e. The van der Waals surface area contributed by atoms with Crippen LogP contribution in [0.4, 0.5) is 0 Å². The minimum absolute atomic E-state index is 0.160. The zero-order valence-corrected chi connectivity index (χ0v) is 8.72. The van der Waals surface area contributed by atoms with Crippen LogP contribution in [0, 0.1) is 0 Å². The normalized spacial score (nSPS) is 10.5. The fourth-order valence-electron chi connectivity index (χ4n) is 1.65. The third-order valence-electron chi connectivity index (χ3n) is 2.48. The van der Waals surface area contributed by atoms with Gasteiger partial charge in [-0.25, -0.2) is 4.98 Å². The van der Waals surface area contributed by atoms with Gasteiger partial charge < -0.3 is 9.67 Å². The summed E-state index contributed by atoms with van der Waals surface area (Å²) in [4.78, 5) is 4.36. The highest BCUT2D eigenvalue weighted by molar-refractivity contribution is 5.55. The maximum Gasteiger partial charge on any atom is 0.139 e. The monoisotopic (exact) mass is 202 g/mol. The van der Waals surface area contributed by atoms with E-state index in [1.807, 2.05) is 48.1 Å². The Labute approximate surface area is 89.0 Å². The van der Waals surface area contributed by atoms with Gasteiger partial charge in [-0.1, -0.05) is 30.3 Å². The van der Waals surface area contributed by atoms with Crippen LogP contribution in [0.3, 0.4) is 0 Å². The molecule has 0 fully saturated rings. The molecule has 0 aliphatic carbocycles. The van der Waals surface area contributed by atoms with Crippen LogP contribution in [0.5, 0.6) is 0 Å². The molecule has 2 aromatic rings. The average molecular weight is 202 g/mol. The van der Waals surface area contributed by atoms with Gasteiger partial charge in [0.25, 0.3) is 0 Å². The summed E-state index contributed by atoms with van der Waals surface area (Å²) in [5.74, 6) is 0.944. The first-order valence-corrected chi connectivity index (χ1v) is 5.00. The molecule has 0 aliphatic heterocycles. The third kappa shape index (κ3) is 1.92. The molecular formula is C12H14N2O. The first-order valence-electron chi connectivity index (χ1n) is 5.00. The molecule has 0 atom stereocenters. The second-order valence-corrected chi connectivity index (χ2v) is 3.47. The number of aromatic nitrogens is 2. The Kier molecular flexibility index (Phi) is 2.83. The van der Waals surface area contributed by atoms with E-state index in [1.165, 1.54) is 0 Å². The van der Waals surface area contributed by atoms with Gasteiger partial charge in [-0.2, -0.15) is 0 Å². The summed E-state index contributed by atoms with van der Waals surface area (Å²) >= 11 is 0. The molecule has 2 rings (SSSR count). The van der Waals surface area contributed by atoms with E-state index in [9.17, 15) is 0 Å². The molecule has 3 nitrogen and oxygen atoms in total. The lowest BCUT2D eigenvalue weighted by atomic mass is 10.2. The fourth-order valence-corrected chi connectivity index (χ4v) is 1.65. The molecule has 1 aromatic carbocycles. The van der Waals surface area contributed by atoms with Crippen molar-refractivity contribution < 1.29 is 5.11 Å². The zero-order valence-electron chi connectivity index (χ0n) is 8.72. The van der Waals surface area contributed by atoms with Crippen LogP contribution < -0.4 is 0 Å². The van der Waals surface area contributed by atoms with Crippen molar-refractivity contribution in [3.05, 3.63) is 42.2 Å². The quantitative estimate of drug-likeness (QED) is 0.821. The molecule has 3 heteroatoms. The summed E-state index contributed by atoms with van der Waals surface area (Å²) < 4.78 is 2.02. The summed E-state index contributed by atoms with van der Waals surface area (Å²) in [5, 5.41) is 8.88. The second kappa shape index (κ2) is 4.28. The Hall–Kier alpha value is -1.61. The Morgan fingerprint density at radius 1 is 1.27 bits per heavy atom. The van der Waals surface area contributed by atoms with Gasteiger partial charge in [0.15, 0.2) is 0 Å². The predicted octanol–water partition coefficient (Wildman–Crippen LogP) is 1.62. The SMILES string of the molecule is Cn1c(CCO)cnc1-c1ccccc1. The topological polar surface area (TPSA) is 38.0 Å². The van der Waals surface area contributed by atoms with Gasteiger partial charge in [0.05, 0.1) is 0 Å². The largest absolute Gasteiger partial charge is 0.396 e. The Bertz CT molecular complexity index is 434. The molecule has 0 unspecified atom stereocenters. The Morgan fingerprint density at radius 2 is 2.00 bits per heavy atom. The molecule has 1 N–H and O–H groups in total. The maximum absolute atomic E-state index is 8.88. The van der Waals surface area contributed by atoms with Crippen LogP contribution in [0.1, 0.15) is 5.69 Å². The molecule has 15 heavy (non-hydrogen) atoms. The number of aliphatic hydroxyl groups excluding tert-OH is 1. The van der Waals surface area contributed by atoms with Crippen LogP contribution in [-0.2, 0) is 13.5 Å². The zero-order chi connectivity index (χ0) is 10.7. The minimum atomic E-state index is 0.160. The number of nitrogens with zero attached hydrogens (tertiary/aromatic N) is 2. The number of rotatable bonds is 3. The van der Waals surface area contributed by atoms with Crippen molar-refractivity contribution in [2.24, 2.45) is 7.05 Å². The van der Waals surface area contributed by atoms with Crippen molar-refractivity contribution in [2.75, 3.05) is 6.61 Å². The van der Waals surface area contributed by atoms with E-state index in [4.69, 9.17) is 5.11 Å². The number of benzene rings is 1. The average Bonchev–Trinajstić information content (AvgIpc) is 2.63. The molecule has 0 amide bonds. The standard InChI is InChI=1S/C12H14N2O/c1-14-11(7-8-15)9-13-12(14)10-5-3-2-4-6-10/h2-6,9,15H,7-8H2,1H3. The summed E-state index contributed by atoms with van der Waals surface area (Å²) in [6.07, 6.45) is 2.47. The highest BCUT2D eigenvalue weighted by atomic mass is 16.3. The molecule has 0 radical (unpaired) electrons. The lowest BCUT2D eigenvalue weighted by Crippen LogP contribution is -2.00. The molecule has 1 heterocycles. The van der Waals surface area contributed by atoms with Crippen molar-refractivity contribution >= 4 is 0 Å². The fraction of sp³-hybridized carbons (Fsp3) is 0.250. The molecule has 0 aliphatic rings. The number of imidazole rings is 1. The van der Waals surface area contributed by atoms with Crippen LogP contribution in [0.25, 0.3) is 11.4 Å². The second-order valence-electron chi connectivity index (χ2n) is 3.47. The molecule has 78 valence electrons. The van der Waals surface area contributed by atoms with E-state index < -0.39 is 0 Å². The third-order valence-corrected chi connectivity index (χ3v) is 2.48. The van der Waals surface area contributed by atoms with Crippen LogP contribution in [-0.4, -0.2) is 21.3 Å². The molecule has 0 spiro atoms. The van der Waals surface area contributed by atoms with Crippen LogP contribution in [0.15, 0.2) is 36.5 Å². The molecule has 0 bridgehead atoms. The highest BCUT2D eigenvalue weighted by Crippen LogP contribution is 2.17. The van der Waals surface area contributed by atoms with Crippen LogP contribution in [0.2, 0.25) is 0 Å². The molecule has 1 aromatic heterocycles. The number of hydrogen-bond donors (Lipinski definition) is 1. The number of aliphatic hydroxyl groups is 1. The van der Waals surface area contributed by atoms with Crippen molar-refractivity contribution in [3.63, 3.8) is 0 Å². The van der Waals surface area contributed by atoms with Crippen molar-refractivity contribution in [1.82, 2.24) is 9.55 Å². The summed E-state index contributed by atoms with van der Waals surface area (Å²) in [7, 11) is 1.97. The predicted molar refractivity (Wildman–Crippen MR) is 59.4 cm³/mol. The molecule has 0 saturated heterocycles. The lowest BCUT2D eigenvalue weighted by molar-refractivity contribution is 0.297. The van der Waals surface area contributed by atoms with E-state index in [0.717, 1.165) is 17.1 Å². The lowest BCUT2D eigenvalue weighted by Gasteiger charge is -2.04. The number of hydrogen-bond acceptors (Lipinski definition) is 2. The molecular weight excluding hydrogens is 188 g/mol. The first-order chi connectivity index (χ1) is 7.33. The maximum atomic E-state index is 8.88. The van der Waals surface area contributed by atoms with Gasteiger partial charge in [0.2, 0.25) is 0 Å². The first kappa shape index (κ1) is 9.93. The van der Waals surface area contributed by atoms with Crippen LogP contribution >= 0.6 is 0 Å². The van der Waals surface area contributed by atoms with Crippen molar-refractivity contribution in [3.8, 4) is 11.4 Å². The van der Waals surface area contributed by atoms with E-state index >= 15 is 0 Å². The smallest absolute Gasteiger partial charge is 0.139 e. The Morgan fingerprint density at radius 3 is 2.67 bits per heavy atom. The van der Waals surface area contributed by atoms with E-state index in [2.05, 4.69) is 4.98 Å². The van der Waals surface area contributed by atoms with Gasteiger partial charge >= 0.3 is 0 Å². The van der Waals surface area contributed by atoms with Gasteiger partial charge in [0, 0.05) is 37.5 Å². The van der Waals surface area contributed by atoms with Gasteiger partial charge in [-0.05, 0) is 0 Å². The Balaban J connectivity index is 2.38. The summed E-state index contributed by atoms with van der Waals surface area (Å²) in [5.41, 5.74) is 2.15. The van der Waals surface area contributed by atoms with Crippen molar-refractivity contribution in [1.29, 1.82) is 0 Å². The van der Waals surface area contributed by atoms with E-state index in [1.54, 1.807) is 0 Å². The summed E-state index contributed by atoms with van der Waals surface area (Å²) in [6, 6.07) is 10.0. The van der Waals surface area contributed by atoms with Gasteiger partial charge in [-0.3, -0.25) is 0 Å². The summed E-state index contributed by atoms with van der Waals surface area (Å²) in [6.45, 7) is 0.160. The van der Waals surface area contributed by atoms with Crippen molar-refractivity contribution in [2.45, 2.75) is 6.42 Å². The highest BCUT2D eigenvalue weighted by Gasteiger charge is 2.07.